The highest BCUT2D eigenvalue weighted by molar-refractivity contribution is 6.36. The molecule has 8 nitrogen and oxygen atoms in total. The van der Waals surface area contributed by atoms with Crippen LogP contribution in [0.4, 0.5) is 4.79 Å². The van der Waals surface area contributed by atoms with Crippen LogP contribution in [0.1, 0.15) is 39.6 Å². The van der Waals surface area contributed by atoms with Gasteiger partial charge in [0.05, 0.1) is 10.5 Å². The van der Waals surface area contributed by atoms with Gasteiger partial charge in [-0.15, -0.1) is 0 Å². The molecule has 1 fully saturated rings. The molecule has 188 valence electrons. The summed E-state index contributed by atoms with van der Waals surface area (Å²) in [6.45, 7) is 2.75. The Labute approximate surface area is 215 Å². The Bertz CT molecular complexity index is 1260. The Balaban J connectivity index is 1.30. The van der Waals surface area contributed by atoms with Crippen molar-refractivity contribution in [1.82, 2.24) is 25.1 Å². The van der Waals surface area contributed by atoms with Gasteiger partial charge in [0.1, 0.15) is 6.61 Å². The molecule has 0 unspecified atom stereocenters. The predicted molar refractivity (Wildman–Crippen MR) is 139 cm³/mol. The van der Waals surface area contributed by atoms with Crippen LogP contribution in [0.25, 0.3) is 10.9 Å². The molecule has 0 saturated carbocycles. The van der Waals surface area contributed by atoms with Crippen molar-refractivity contribution < 1.29 is 14.3 Å². The Morgan fingerprint density at radius 1 is 1.14 bits per heavy atom. The van der Waals surface area contributed by atoms with Crippen molar-refractivity contribution in [2.24, 2.45) is 0 Å². The molecule has 1 aromatic carbocycles. The lowest BCUT2D eigenvalue weighted by atomic mass is 9.84. The van der Waals surface area contributed by atoms with Crippen molar-refractivity contribution in [2.75, 3.05) is 46.4 Å². The second kappa shape index (κ2) is 10.8. The van der Waals surface area contributed by atoms with Gasteiger partial charge in [-0.3, -0.25) is 14.8 Å². The Hall–Kier alpha value is -3.23. The zero-order valence-corrected chi connectivity index (χ0v) is 21.1. The van der Waals surface area contributed by atoms with Crippen LogP contribution >= 0.6 is 11.6 Å². The molecular weight excluding hydrogens is 478 g/mol. The molecular formula is C27H30ClN5O3. The number of aromatic nitrogens is 2. The van der Waals surface area contributed by atoms with Gasteiger partial charge in [0.2, 0.25) is 0 Å². The Morgan fingerprint density at radius 2 is 1.94 bits per heavy atom. The van der Waals surface area contributed by atoms with E-state index >= 15 is 0 Å². The van der Waals surface area contributed by atoms with E-state index in [1.807, 2.05) is 43.6 Å². The maximum absolute atomic E-state index is 13.3. The quantitative estimate of drug-likeness (QED) is 0.530. The van der Waals surface area contributed by atoms with E-state index < -0.39 is 0 Å². The van der Waals surface area contributed by atoms with E-state index in [-0.39, 0.29) is 12.0 Å². The summed E-state index contributed by atoms with van der Waals surface area (Å²) in [6.07, 6.45) is 4.13. The van der Waals surface area contributed by atoms with E-state index in [0.717, 1.165) is 52.1 Å². The highest BCUT2D eigenvalue weighted by Gasteiger charge is 2.28. The minimum atomic E-state index is -0.337. The molecule has 5 rings (SSSR count). The van der Waals surface area contributed by atoms with Gasteiger partial charge in [-0.2, -0.15) is 0 Å². The van der Waals surface area contributed by atoms with E-state index in [9.17, 15) is 9.59 Å². The average molecular weight is 508 g/mol. The van der Waals surface area contributed by atoms with Gasteiger partial charge in [-0.25, -0.2) is 4.79 Å². The topological polar surface area (TPSA) is 87.7 Å². The first-order chi connectivity index (χ1) is 17.5. The van der Waals surface area contributed by atoms with Crippen LogP contribution < -0.4 is 5.32 Å². The number of piperazine rings is 1. The van der Waals surface area contributed by atoms with Gasteiger partial charge in [0.25, 0.3) is 5.91 Å². The lowest BCUT2D eigenvalue weighted by Crippen LogP contribution is -2.50. The van der Waals surface area contributed by atoms with Crippen molar-refractivity contribution in [1.29, 1.82) is 0 Å². The average Bonchev–Trinajstić information content (AvgIpc) is 2.93. The normalized spacial score (nSPS) is 17.7. The SMILES string of the molecule is CNCCOC(=O)N1CCN(C(=O)c2ccc3c(Cl)c4c(nc3c2)C[C@@H](c2ccccn2)CC4)CC1. The largest absolute Gasteiger partial charge is 0.448 e. The van der Waals surface area contributed by atoms with Gasteiger partial charge in [0, 0.05) is 67.2 Å². The minimum absolute atomic E-state index is 0.0675. The number of ether oxygens (including phenoxy) is 1. The van der Waals surface area contributed by atoms with E-state index in [1.165, 1.54) is 0 Å². The van der Waals surface area contributed by atoms with Gasteiger partial charge >= 0.3 is 6.09 Å². The van der Waals surface area contributed by atoms with E-state index in [4.69, 9.17) is 21.3 Å². The molecule has 9 heteroatoms. The molecule has 2 amide bonds. The van der Waals surface area contributed by atoms with E-state index in [0.29, 0.717) is 50.8 Å². The Kier molecular flexibility index (Phi) is 7.34. The molecule has 2 aliphatic rings. The summed E-state index contributed by atoms with van der Waals surface area (Å²) in [4.78, 5) is 38.3. The molecule has 36 heavy (non-hydrogen) atoms. The lowest BCUT2D eigenvalue weighted by molar-refractivity contribution is 0.0563. The number of carbonyl (C=O) groups excluding carboxylic acids is 2. The zero-order chi connectivity index (χ0) is 25.1. The third-order valence-corrected chi connectivity index (χ3v) is 7.47. The molecule has 1 aliphatic carbocycles. The molecule has 1 aliphatic heterocycles. The first kappa shape index (κ1) is 24.5. The standard InChI is InChI=1S/C27H30ClN5O3/c1-29-10-15-36-27(35)33-13-11-32(12-14-33)26(34)19-6-8-21-24(17-19)31-23-16-18(5-7-20(23)25(21)28)22-4-2-3-9-30-22/h2-4,6,8-9,17-18,29H,5,7,10-16H2,1H3/t18-/m0/s1. The molecule has 1 saturated heterocycles. The number of pyridine rings is 2. The number of nitrogens with zero attached hydrogens (tertiary/aromatic N) is 4. The summed E-state index contributed by atoms with van der Waals surface area (Å²) >= 11 is 6.82. The van der Waals surface area contributed by atoms with Gasteiger partial charge in [0.15, 0.2) is 0 Å². The molecule has 0 radical (unpaired) electrons. The zero-order valence-electron chi connectivity index (χ0n) is 20.4. The highest BCUT2D eigenvalue weighted by atomic mass is 35.5. The molecule has 1 N–H and O–H groups in total. The van der Waals surface area contributed by atoms with Crippen LogP contribution in [-0.4, -0.2) is 78.1 Å². The number of likely N-dealkylation sites (N-methyl/N-ethyl adjacent to an activating group) is 1. The van der Waals surface area contributed by atoms with Crippen molar-refractivity contribution in [3.05, 3.63) is 70.1 Å². The van der Waals surface area contributed by atoms with Crippen LogP contribution in [0.3, 0.4) is 0 Å². The molecule has 1 atom stereocenters. The summed E-state index contributed by atoms with van der Waals surface area (Å²) in [5, 5.41) is 4.55. The highest BCUT2D eigenvalue weighted by Crippen LogP contribution is 2.37. The third kappa shape index (κ3) is 5.01. The predicted octanol–water partition coefficient (Wildman–Crippen LogP) is 3.67. The number of hydrogen-bond acceptors (Lipinski definition) is 6. The first-order valence-corrected chi connectivity index (χ1v) is 12.8. The monoisotopic (exact) mass is 507 g/mol. The minimum Gasteiger partial charge on any atom is -0.448 e. The van der Waals surface area contributed by atoms with Crippen LogP contribution in [-0.2, 0) is 17.6 Å². The molecule has 0 spiro atoms. The van der Waals surface area contributed by atoms with E-state index in [1.54, 1.807) is 9.80 Å². The summed E-state index contributed by atoms with van der Waals surface area (Å²) < 4.78 is 5.24. The molecule has 0 bridgehead atoms. The fourth-order valence-corrected chi connectivity index (χ4v) is 5.36. The number of fused-ring (bicyclic) bond motifs is 2. The molecule has 2 aromatic heterocycles. The maximum Gasteiger partial charge on any atom is 0.409 e. The molecule has 3 heterocycles. The van der Waals surface area contributed by atoms with Crippen LogP contribution in [0.15, 0.2) is 42.6 Å². The third-order valence-electron chi connectivity index (χ3n) is 7.04. The fourth-order valence-electron chi connectivity index (χ4n) is 5.00. The van der Waals surface area contributed by atoms with Crippen LogP contribution in [0.2, 0.25) is 5.02 Å². The second-order valence-electron chi connectivity index (χ2n) is 9.27. The van der Waals surface area contributed by atoms with Crippen molar-refractivity contribution in [3.63, 3.8) is 0 Å². The number of amides is 2. The summed E-state index contributed by atoms with van der Waals surface area (Å²) in [5.74, 6) is 0.243. The lowest BCUT2D eigenvalue weighted by Gasteiger charge is -2.34. The summed E-state index contributed by atoms with van der Waals surface area (Å²) in [5.41, 5.74) is 4.49. The summed E-state index contributed by atoms with van der Waals surface area (Å²) in [7, 11) is 1.81. The Morgan fingerprint density at radius 3 is 2.69 bits per heavy atom. The van der Waals surface area contributed by atoms with Gasteiger partial charge in [-0.05, 0) is 56.1 Å². The van der Waals surface area contributed by atoms with Crippen molar-refractivity contribution in [2.45, 2.75) is 25.2 Å². The maximum atomic E-state index is 13.3. The van der Waals surface area contributed by atoms with Gasteiger partial charge in [-0.1, -0.05) is 23.7 Å². The number of nitrogens with one attached hydrogen (secondary N) is 1. The number of benzene rings is 1. The summed E-state index contributed by atoms with van der Waals surface area (Å²) in [6, 6.07) is 11.6. The number of halogens is 1. The van der Waals surface area contributed by atoms with Crippen molar-refractivity contribution in [3.8, 4) is 0 Å². The van der Waals surface area contributed by atoms with Crippen LogP contribution in [0, 0.1) is 0 Å². The van der Waals surface area contributed by atoms with E-state index in [2.05, 4.69) is 16.4 Å². The van der Waals surface area contributed by atoms with Crippen molar-refractivity contribution >= 4 is 34.5 Å². The number of hydrogen-bond donors (Lipinski definition) is 1. The fraction of sp³-hybridized carbons (Fsp3) is 0.407. The van der Waals surface area contributed by atoms with Crippen LogP contribution in [0.5, 0.6) is 0 Å². The smallest absolute Gasteiger partial charge is 0.409 e. The first-order valence-electron chi connectivity index (χ1n) is 12.4. The number of carbonyl (C=O) groups is 2. The molecule has 3 aromatic rings. The van der Waals surface area contributed by atoms with Gasteiger partial charge < -0.3 is 19.9 Å². The second-order valence-corrected chi connectivity index (χ2v) is 9.65. The number of rotatable bonds is 5.